The Morgan fingerprint density at radius 2 is 1.28 bits per heavy atom. The van der Waals surface area contributed by atoms with Crippen LogP contribution in [0.4, 0.5) is 9.59 Å². The molecule has 2 amide bonds. The largest absolute Gasteiger partial charge is 0.445 e. The quantitative estimate of drug-likeness (QED) is 0.198. The first-order chi connectivity index (χ1) is 22.5. The van der Waals surface area contributed by atoms with Crippen molar-refractivity contribution in [1.29, 1.82) is 0 Å². The fraction of sp³-hybridized carbons (Fsp3) is 0.351. The zero-order valence-electron chi connectivity index (χ0n) is 26.2. The molecule has 2 aliphatic heterocycles. The maximum Gasteiger partial charge on any atom is 0.410 e. The van der Waals surface area contributed by atoms with Gasteiger partial charge in [0.15, 0.2) is 0 Å². The number of rotatable bonds is 12. The summed E-state index contributed by atoms with van der Waals surface area (Å²) in [6.07, 6.45) is 2.08. The molecule has 46 heavy (non-hydrogen) atoms. The number of carbonyl (C=O) groups excluding carboxylic acids is 2. The van der Waals surface area contributed by atoms with Crippen LogP contribution in [0.25, 0.3) is 0 Å². The molecule has 9 heteroatoms. The van der Waals surface area contributed by atoms with E-state index in [0.717, 1.165) is 16.7 Å². The highest BCUT2D eigenvalue weighted by Gasteiger charge is 2.46. The van der Waals surface area contributed by atoms with Crippen LogP contribution < -0.4 is 0 Å². The van der Waals surface area contributed by atoms with Gasteiger partial charge < -0.3 is 24.4 Å². The number of nitrogens with zero attached hydrogens (tertiary/aromatic N) is 3. The molecular weight excluding hydrogens is 598 g/mol. The number of likely N-dealkylation sites (tertiary alicyclic amines) is 1. The maximum absolute atomic E-state index is 13.4. The maximum atomic E-state index is 13.4. The second kappa shape index (κ2) is 16.0. The summed E-state index contributed by atoms with van der Waals surface area (Å²) in [6.45, 7) is 10.6. The summed E-state index contributed by atoms with van der Waals surface area (Å²) in [5, 5.41) is 11.7. The molecule has 0 aromatic heterocycles. The third-order valence-corrected chi connectivity index (χ3v) is 10.3. The van der Waals surface area contributed by atoms with E-state index >= 15 is 0 Å². The van der Waals surface area contributed by atoms with Gasteiger partial charge in [0.25, 0.3) is 0 Å². The fourth-order valence-electron chi connectivity index (χ4n) is 6.39. The van der Waals surface area contributed by atoms with Crippen LogP contribution in [0.5, 0.6) is 0 Å². The molecule has 1 N–H and O–H groups in total. The normalized spacial score (nSPS) is 19.3. The molecule has 2 aliphatic rings. The molecule has 242 valence electrons. The Kier molecular flexibility index (Phi) is 11.6. The Bertz CT molecular complexity index is 1340. The van der Waals surface area contributed by atoms with Crippen LogP contribution in [-0.2, 0) is 14.2 Å². The van der Waals surface area contributed by atoms with Crippen LogP contribution in [0.15, 0.2) is 116 Å². The summed E-state index contributed by atoms with van der Waals surface area (Å²) in [7, 11) is 0. The smallest absolute Gasteiger partial charge is 0.410 e. The zero-order chi connectivity index (χ0) is 32.4. The Hall–Kier alpha value is -4.05. The molecule has 2 saturated heterocycles. The summed E-state index contributed by atoms with van der Waals surface area (Å²) in [4.78, 5) is 31.2. The standard InChI is InChI=1S/C37H43N3O5S/c1-3-24-44-35(42)39-22-20-38(21-23-39)28-34(41)33-26-32(27-40(33)36(43)45-25-4-2)46-37(29-14-8-5-9-15-29,30-16-10-6-11-17-30)31-18-12-7-13-19-31/h3-19,32-34,41H,1-2,20-28H2/t32-,33-,34?/m0/s1. The second-order valence-corrected chi connectivity index (χ2v) is 13.1. The molecule has 3 atom stereocenters. The van der Waals surface area contributed by atoms with E-state index in [-0.39, 0.29) is 24.6 Å². The van der Waals surface area contributed by atoms with Crippen molar-refractivity contribution in [3.05, 3.63) is 133 Å². The molecule has 0 spiro atoms. The lowest BCUT2D eigenvalue weighted by molar-refractivity contribution is 0.0211. The number of hydrogen-bond donors (Lipinski definition) is 1. The lowest BCUT2D eigenvalue weighted by Crippen LogP contribution is -2.53. The Labute approximate surface area is 276 Å². The van der Waals surface area contributed by atoms with Crippen LogP contribution in [0.1, 0.15) is 23.1 Å². The van der Waals surface area contributed by atoms with Crippen LogP contribution in [-0.4, -0.2) is 102 Å². The minimum Gasteiger partial charge on any atom is -0.445 e. The summed E-state index contributed by atoms with van der Waals surface area (Å²) in [6, 6.07) is 31.0. The van der Waals surface area contributed by atoms with E-state index in [2.05, 4.69) is 90.9 Å². The average molecular weight is 642 g/mol. The minimum absolute atomic E-state index is 0.00646. The third-order valence-electron chi connectivity index (χ3n) is 8.59. The number of piperazine rings is 1. The van der Waals surface area contributed by atoms with Gasteiger partial charge in [-0.15, -0.1) is 11.8 Å². The van der Waals surface area contributed by atoms with Crippen LogP contribution in [0, 0.1) is 0 Å². The Morgan fingerprint density at radius 3 is 1.76 bits per heavy atom. The van der Waals surface area contributed by atoms with Crippen molar-refractivity contribution >= 4 is 23.9 Å². The van der Waals surface area contributed by atoms with E-state index in [4.69, 9.17) is 9.47 Å². The van der Waals surface area contributed by atoms with Gasteiger partial charge in [0, 0.05) is 44.5 Å². The number of benzene rings is 3. The van der Waals surface area contributed by atoms with Gasteiger partial charge in [-0.1, -0.05) is 116 Å². The van der Waals surface area contributed by atoms with Crippen molar-refractivity contribution in [3.8, 4) is 0 Å². The van der Waals surface area contributed by atoms with Crippen molar-refractivity contribution in [1.82, 2.24) is 14.7 Å². The summed E-state index contributed by atoms with van der Waals surface area (Å²) in [5.74, 6) is 0. The predicted molar refractivity (Wildman–Crippen MR) is 183 cm³/mol. The lowest BCUT2D eigenvalue weighted by Gasteiger charge is -2.37. The number of aliphatic hydroxyl groups excluding tert-OH is 1. The van der Waals surface area contributed by atoms with E-state index in [0.29, 0.717) is 45.7 Å². The molecule has 0 saturated carbocycles. The average Bonchev–Trinajstić information content (AvgIpc) is 3.54. The summed E-state index contributed by atoms with van der Waals surface area (Å²) >= 11 is 1.82. The topological polar surface area (TPSA) is 82.6 Å². The Balaban J connectivity index is 1.39. The van der Waals surface area contributed by atoms with Gasteiger partial charge in [0.05, 0.1) is 16.9 Å². The first-order valence-corrected chi connectivity index (χ1v) is 16.7. The molecule has 3 aromatic rings. The number of hydrogen-bond acceptors (Lipinski definition) is 7. The summed E-state index contributed by atoms with van der Waals surface area (Å²) < 4.78 is 10.1. The number of aliphatic hydroxyl groups is 1. The van der Waals surface area contributed by atoms with Gasteiger partial charge in [-0.2, -0.15) is 0 Å². The van der Waals surface area contributed by atoms with Crippen LogP contribution in [0.3, 0.4) is 0 Å². The van der Waals surface area contributed by atoms with Crippen molar-refractivity contribution in [2.24, 2.45) is 0 Å². The fourth-order valence-corrected chi connectivity index (χ4v) is 8.24. The SMILES string of the molecule is C=CCOC(=O)N1CCN(CC(O)[C@@H]2C[C@H](SC(c3ccccc3)(c3ccccc3)c3ccccc3)CN2C(=O)OCC=C)CC1. The van der Waals surface area contributed by atoms with Gasteiger partial charge in [0.1, 0.15) is 13.2 Å². The molecule has 8 nitrogen and oxygen atoms in total. The molecule has 0 radical (unpaired) electrons. The predicted octanol–water partition coefficient (Wildman–Crippen LogP) is 5.78. The molecule has 3 aromatic carbocycles. The molecule has 1 unspecified atom stereocenters. The molecule has 2 heterocycles. The number of β-amino-alcohol motifs (C(OH)–C–C–N with tert-alkyl or cyclic N) is 1. The monoisotopic (exact) mass is 641 g/mol. The molecule has 2 fully saturated rings. The highest BCUT2D eigenvalue weighted by molar-refractivity contribution is 8.01. The lowest BCUT2D eigenvalue weighted by atomic mass is 9.84. The van der Waals surface area contributed by atoms with Gasteiger partial charge >= 0.3 is 12.2 Å². The summed E-state index contributed by atoms with van der Waals surface area (Å²) in [5.41, 5.74) is 3.44. The molecule has 5 rings (SSSR count). The first kappa shape index (κ1) is 33.3. The van der Waals surface area contributed by atoms with Crippen molar-refractivity contribution in [2.45, 2.75) is 28.6 Å². The van der Waals surface area contributed by atoms with E-state index in [1.54, 1.807) is 22.0 Å². The molecule has 0 bridgehead atoms. The van der Waals surface area contributed by atoms with E-state index in [1.807, 2.05) is 30.0 Å². The van der Waals surface area contributed by atoms with Crippen molar-refractivity contribution in [3.63, 3.8) is 0 Å². The Morgan fingerprint density at radius 1 is 0.804 bits per heavy atom. The van der Waals surface area contributed by atoms with Gasteiger partial charge in [-0.25, -0.2) is 9.59 Å². The molecular formula is C37H43N3O5S. The zero-order valence-corrected chi connectivity index (χ0v) is 27.0. The van der Waals surface area contributed by atoms with Gasteiger partial charge in [-0.05, 0) is 23.1 Å². The van der Waals surface area contributed by atoms with E-state index in [1.165, 1.54) is 0 Å². The second-order valence-electron chi connectivity index (χ2n) is 11.6. The first-order valence-electron chi connectivity index (χ1n) is 15.8. The number of carbonyl (C=O) groups is 2. The van der Waals surface area contributed by atoms with Crippen LogP contribution >= 0.6 is 11.8 Å². The van der Waals surface area contributed by atoms with Gasteiger partial charge in [0.2, 0.25) is 0 Å². The van der Waals surface area contributed by atoms with E-state index < -0.39 is 23.0 Å². The highest BCUT2D eigenvalue weighted by Crippen LogP contribution is 2.52. The molecule has 0 aliphatic carbocycles. The minimum atomic E-state index is -0.805. The van der Waals surface area contributed by atoms with E-state index in [9.17, 15) is 14.7 Å². The van der Waals surface area contributed by atoms with Crippen LogP contribution in [0.2, 0.25) is 0 Å². The van der Waals surface area contributed by atoms with Gasteiger partial charge in [-0.3, -0.25) is 4.90 Å². The third kappa shape index (κ3) is 7.66. The number of amides is 2. The van der Waals surface area contributed by atoms with Crippen molar-refractivity contribution in [2.75, 3.05) is 52.5 Å². The number of thioether (sulfide) groups is 1. The number of ether oxygens (including phenoxy) is 2. The van der Waals surface area contributed by atoms with Crippen molar-refractivity contribution < 1.29 is 24.2 Å². The highest BCUT2D eigenvalue weighted by atomic mass is 32.2.